The SMILES string of the molecule is CCCC(COC)NC(=O)c1ccc(Br)nc1. The summed E-state index contributed by atoms with van der Waals surface area (Å²) in [6.07, 6.45) is 3.46. The minimum Gasteiger partial charge on any atom is -0.383 e. The van der Waals surface area contributed by atoms with Gasteiger partial charge in [0.15, 0.2) is 0 Å². The minimum absolute atomic E-state index is 0.0566. The Balaban J connectivity index is 2.60. The molecule has 1 aromatic heterocycles. The Morgan fingerprint density at radius 2 is 2.35 bits per heavy atom. The molecule has 0 aliphatic carbocycles. The number of amides is 1. The maximum absolute atomic E-state index is 11.9. The largest absolute Gasteiger partial charge is 0.383 e. The van der Waals surface area contributed by atoms with Gasteiger partial charge in [0, 0.05) is 13.3 Å². The number of hydrogen-bond acceptors (Lipinski definition) is 3. The fourth-order valence-electron chi connectivity index (χ4n) is 1.53. The average molecular weight is 301 g/mol. The van der Waals surface area contributed by atoms with Crippen molar-refractivity contribution in [2.45, 2.75) is 25.8 Å². The second-order valence-corrected chi connectivity index (χ2v) is 4.60. The average Bonchev–Trinajstić information content (AvgIpc) is 2.30. The van der Waals surface area contributed by atoms with E-state index in [4.69, 9.17) is 4.74 Å². The third kappa shape index (κ3) is 4.83. The molecular weight excluding hydrogens is 284 g/mol. The number of nitrogens with one attached hydrogen (secondary N) is 1. The monoisotopic (exact) mass is 300 g/mol. The quantitative estimate of drug-likeness (QED) is 0.821. The Hall–Kier alpha value is -0.940. The van der Waals surface area contributed by atoms with E-state index in [-0.39, 0.29) is 11.9 Å². The van der Waals surface area contributed by atoms with Gasteiger partial charge < -0.3 is 10.1 Å². The molecule has 1 unspecified atom stereocenters. The van der Waals surface area contributed by atoms with Crippen LogP contribution in [0.1, 0.15) is 30.1 Å². The van der Waals surface area contributed by atoms with Crippen molar-refractivity contribution in [3.8, 4) is 0 Å². The number of aromatic nitrogens is 1. The van der Waals surface area contributed by atoms with Crippen molar-refractivity contribution in [1.29, 1.82) is 0 Å². The van der Waals surface area contributed by atoms with Gasteiger partial charge in [-0.15, -0.1) is 0 Å². The van der Waals surface area contributed by atoms with Crippen LogP contribution in [-0.4, -0.2) is 30.6 Å². The van der Waals surface area contributed by atoms with Crippen LogP contribution < -0.4 is 5.32 Å². The molecule has 4 nitrogen and oxygen atoms in total. The predicted octanol–water partition coefficient (Wildman–Crippen LogP) is 2.39. The Labute approximate surface area is 110 Å². The zero-order chi connectivity index (χ0) is 12.7. The van der Waals surface area contributed by atoms with Crippen molar-refractivity contribution in [2.75, 3.05) is 13.7 Å². The fraction of sp³-hybridized carbons (Fsp3) is 0.500. The number of nitrogens with zero attached hydrogens (tertiary/aromatic N) is 1. The van der Waals surface area contributed by atoms with Crippen LogP contribution in [0, 0.1) is 0 Å². The third-order valence-corrected chi connectivity index (χ3v) is 2.80. The molecule has 1 amide bonds. The highest BCUT2D eigenvalue weighted by Gasteiger charge is 2.12. The van der Waals surface area contributed by atoms with E-state index < -0.39 is 0 Å². The highest BCUT2D eigenvalue weighted by Crippen LogP contribution is 2.07. The number of methoxy groups -OCH3 is 1. The smallest absolute Gasteiger partial charge is 0.253 e. The van der Waals surface area contributed by atoms with Gasteiger partial charge in [0.25, 0.3) is 5.91 Å². The fourth-order valence-corrected chi connectivity index (χ4v) is 1.76. The number of hydrogen-bond donors (Lipinski definition) is 1. The minimum atomic E-state index is -0.111. The van der Waals surface area contributed by atoms with Gasteiger partial charge >= 0.3 is 0 Å². The standard InChI is InChI=1S/C12H17BrN2O2/c1-3-4-10(8-17-2)15-12(16)9-5-6-11(13)14-7-9/h5-7,10H,3-4,8H2,1-2H3,(H,15,16). The van der Waals surface area contributed by atoms with Crippen molar-refractivity contribution < 1.29 is 9.53 Å². The van der Waals surface area contributed by atoms with Crippen LogP contribution in [0.2, 0.25) is 0 Å². The van der Waals surface area contributed by atoms with E-state index in [0.29, 0.717) is 12.2 Å². The topological polar surface area (TPSA) is 51.2 Å². The molecule has 94 valence electrons. The van der Waals surface area contributed by atoms with E-state index in [9.17, 15) is 4.79 Å². The Bertz CT molecular complexity index is 348. The van der Waals surface area contributed by atoms with E-state index >= 15 is 0 Å². The molecule has 5 heteroatoms. The van der Waals surface area contributed by atoms with Gasteiger partial charge in [-0.05, 0) is 34.5 Å². The molecule has 1 N–H and O–H groups in total. The summed E-state index contributed by atoms with van der Waals surface area (Å²) >= 11 is 3.23. The van der Waals surface area contributed by atoms with Crippen molar-refractivity contribution in [3.05, 3.63) is 28.5 Å². The van der Waals surface area contributed by atoms with Crippen LogP contribution in [0.4, 0.5) is 0 Å². The van der Waals surface area contributed by atoms with Crippen LogP contribution >= 0.6 is 15.9 Å². The third-order valence-electron chi connectivity index (χ3n) is 2.33. The molecule has 0 spiro atoms. The zero-order valence-corrected chi connectivity index (χ0v) is 11.7. The lowest BCUT2D eigenvalue weighted by atomic mass is 10.1. The highest BCUT2D eigenvalue weighted by molar-refractivity contribution is 9.10. The first-order valence-corrected chi connectivity index (χ1v) is 6.38. The van der Waals surface area contributed by atoms with E-state index in [1.165, 1.54) is 0 Å². The molecule has 0 saturated carbocycles. The van der Waals surface area contributed by atoms with Gasteiger partial charge in [-0.3, -0.25) is 4.79 Å². The van der Waals surface area contributed by atoms with Gasteiger partial charge in [0.05, 0.1) is 18.2 Å². The molecule has 0 aliphatic heterocycles. The Morgan fingerprint density at radius 1 is 1.59 bits per heavy atom. The van der Waals surface area contributed by atoms with Gasteiger partial charge in [-0.1, -0.05) is 13.3 Å². The lowest BCUT2D eigenvalue weighted by Gasteiger charge is -2.16. The predicted molar refractivity (Wildman–Crippen MR) is 70.0 cm³/mol. The van der Waals surface area contributed by atoms with E-state index in [0.717, 1.165) is 17.4 Å². The molecular formula is C12H17BrN2O2. The molecule has 0 aromatic carbocycles. The lowest BCUT2D eigenvalue weighted by Crippen LogP contribution is -2.37. The van der Waals surface area contributed by atoms with Crippen LogP contribution in [0.15, 0.2) is 22.9 Å². The maximum atomic E-state index is 11.9. The highest BCUT2D eigenvalue weighted by atomic mass is 79.9. The van der Waals surface area contributed by atoms with E-state index in [1.807, 2.05) is 0 Å². The Kier molecular flexibility index (Phi) is 6.15. The molecule has 1 rings (SSSR count). The van der Waals surface area contributed by atoms with Crippen LogP contribution in [0.3, 0.4) is 0 Å². The molecule has 0 bridgehead atoms. The van der Waals surface area contributed by atoms with E-state index in [1.54, 1.807) is 25.4 Å². The first-order valence-electron chi connectivity index (χ1n) is 5.58. The number of rotatable bonds is 6. The lowest BCUT2D eigenvalue weighted by molar-refractivity contribution is 0.0891. The van der Waals surface area contributed by atoms with Crippen molar-refractivity contribution >= 4 is 21.8 Å². The van der Waals surface area contributed by atoms with Crippen LogP contribution in [-0.2, 0) is 4.74 Å². The van der Waals surface area contributed by atoms with Gasteiger partial charge in [-0.2, -0.15) is 0 Å². The molecule has 0 aliphatic rings. The van der Waals surface area contributed by atoms with Crippen molar-refractivity contribution in [1.82, 2.24) is 10.3 Å². The molecule has 0 fully saturated rings. The summed E-state index contributed by atoms with van der Waals surface area (Å²) in [4.78, 5) is 15.9. The molecule has 0 radical (unpaired) electrons. The summed E-state index contributed by atoms with van der Waals surface area (Å²) in [5, 5.41) is 2.94. The number of carbonyl (C=O) groups is 1. The summed E-state index contributed by atoms with van der Waals surface area (Å²) in [5.74, 6) is -0.111. The van der Waals surface area contributed by atoms with Crippen LogP contribution in [0.25, 0.3) is 0 Å². The molecule has 1 aromatic rings. The van der Waals surface area contributed by atoms with Gasteiger partial charge in [0.2, 0.25) is 0 Å². The van der Waals surface area contributed by atoms with Crippen LogP contribution in [0.5, 0.6) is 0 Å². The first kappa shape index (κ1) is 14.1. The molecule has 0 saturated heterocycles. The second kappa shape index (κ2) is 7.40. The van der Waals surface area contributed by atoms with Gasteiger partial charge in [-0.25, -0.2) is 4.98 Å². The van der Waals surface area contributed by atoms with Crippen molar-refractivity contribution in [2.24, 2.45) is 0 Å². The summed E-state index contributed by atoms with van der Waals surface area (Å²) < 4.78 is 5.79. The first-order chi connectivity index (χ1) is 8.17. The number of pyridine rings is 1. The summed E-state index contributed by atoms with van der Waals surface area (Å²) in [7, 11) is 1.63. The summed E-state index contributed by atoms with van der Waals surface area (Å²) in [6, 6.07) is 3.54. The summed E-state index contributed by atoms with van der Waals surface area (Å²) in [6.45, 7) is 2.61. The number of ether oxygens (including phenoxy) is 1. The number of carbonyl (C=O) groups excluding carboxylic acids is 1. The maximum Gasteiger partial charge on any atom is 0.253 e. The zero-order valence-electron chi connectivity index (χ0n) is 10.1. The number of halogens is 1. The second-order valence-electron chi connectivity index (χ2n) is 3.78. The van der Waals surface area contributed by atoms with Crippen molar-refractivity contribution in [3.63, 3.8) is 0 Å². The van der Waals surface area contributed by atoms with Gasteiger partial charge in [0.1, 0.15) is 4.60 Å². The Morgan fingerprint density at radius 3 is 2.88 bits per heavy atom. The van der Waals surface area contributed by atoms with E-state index in [2.05, 4.69) is 33.2 Å². The molecule has 17 heavy (non-hydrogen) atoms. The molecule has 1 heterocycles. The summed E-state index contributed by atoms with van der Waals surface area (Å²) in [5.41, 5.74) is 0.561. The normalized spacial score (nSPS) is 12.2. The molecule has 1 atom stereocenters.